The Morgan fingerprint density at radius 3 is 2.44 bits per heavy atom. The number of amides is 1. The second kappa shape index (κ2) is 8.48. The first kappa shape index (κ1) is 21.9. The summed E-state index contributed by atoms with van der Waals surface area (Å²) in [4.78, 5) is 23.6. The number of aromatic nitrogens is 3. The second-order valence-electron chi connectivity index (χ2n) is 8.41. The van der Waals surface area contributed by atoms with Crippen LogP contribution in [0.15, 0.2) is 60.8 Å². The van der Waals surface area contributed by atoms with Crippen LogP contribution in [-0.4, -0.2) is 33.5 Å². The number of anilines is 2. The molecule has 1 fully saturated rings. The van der Waals surface area contributed by atoms with Crippen molar-refractivity contribution in [1.29, 1.82) is 0 Å². The van der Waals surface area contributed by atoms with Gasteiger partial charge in [0.05, 0.1) is 11.9 Å². The number of halogens is 3. The van der Waals surface area contributed by atoms with Crippen molar-refractivity contribution in [3.63, 3.8) is 0 Å². The third-order valence-corrected chi connectivity index (χ3v) is 5.91. The lowest BCUT2D eigenvalue weighted by molar-refractivity contribution is -0.141. The predicted molar refractivity (Wildman–Crippen MR) is 124 cm³/mol. The van der Waals surface area contributed by atoms with Gasteiger partial charge in [-0.05, 0) is 49.2 Å². The molecule has 1 N–H and O–H groups in total. The number of benzene rings is 1. The molecule has 1 aromatic carbocycles. The number of alkyl halides is 3. The molecule has 0 atom stereocenters. The van der Waals surface area contributed by atoms with Crippen molar-refractivity contribution in [2.24, 2.45) is 0 Å². The van der Waals surface area contributed by atoms with E-state index in [1.54, 1.807) is 18.3 Å². The number of carbonyl (C=O) groups is 1. The zero-order valence-electron chi connectivity index (χ0n) is 18.4. The Kier molecular flexibility index (Phi) is 5.47. The fourth-order valence-corrected chi connectivity index (χ4v) is 3.90. The molecule has 0 aliphatic carbocycles. The predicted octanol–water partition coefficient (Wildman–Crippen LogP) is 5.27. The molecule has 4 aromatic rings. The Hall–Kier alpha value is -3.88. The van der Waals surface area contributed by atoms with Gasteiger partial charge in [-0.3, -0.25) is 4.79 Å². The van der Waals surface area contributed by atoms with Gasteiger partial charge in [-0.2, -0.15) is 13.2 Å². The van der Waals surface area contributed by atoms with Crippen molar-refractivity contribution in [2.75, 3.05) is 23.3 Å². The molecule has 174 valence electrons. The Morgan fingerprint density at radius 1 is 1.06 bits per heavy atom. The molecule has 6 nitrogen and oxygen atoms in total. The third-order valence-electron chi connectivity index (χ3n) is 5.91. The number of nitrogens with zero attached hydrogens (tertiary/aromatic N) is 4. The van der Waals surface area contributed by atoms with E-state index < -0.39 is 17.8 Å². The van der Waals surface area contributed by atoms with Crippen LogP contribution in [0.1, 0.15) is 33.7 Å². The topological polar surface area (TPSA) is 63.1 Å². The molecule has 4 heterocycles. The van der Waals surface area contributed by atoms with Gasteiger partial charge >= 0.3 is 6.18 Å². The van der Waals surface area contributed by atoms with Crippen LogP contribution in [0, 0.1) is 6.92 Å². The number of carbonyl (C=O) groups excluding carboxylic acids is 1. The van der Waals surface area contributed by atoms with Gasteiger partial charge in [-0.25, -0.2) is 9.97 Å². The molecule has 0 bridgehead atoms. The van der Waals surface area contributed by atoms with Crippen LogP contribution in [0.2, 0.25) is 0 Å². The summed E-state index contributed by atoms with van der Waals surface area (Å²) in [6.07, 6.45) is -1.87. The van der Waals surface area contributed by atoms with Gasteiger partial charge in [0.1, 0.15) is 22.9 Å². The van der Waals surface area contributed by atoms with Crippen molar-refractivity contribution in [1.82, 2.24) is 14.5 Å². The van der Waals surface area contributed by atoms with Crippen LogP contribution in [0.3, 0.4) is 0 Å². The van der Waals surface area contributed by atoms with E-state index in [9.17, 15) is 18.0 Å². The zero-order valence-corrected chi connectivity index (χ0v) is 18.4. The smallest absolute Gasteiger partial charge is 0.356 e. The molecular weight excluding hydrogens is 443 g/mol. The lowest BCUT2D eigenvalue weighted by Gasteiger charge is -2.31. The van der Waals surface area contributed by atoms with Crippen molar-refractivity contribution in [3.8, 4) is 0 Å². The Labute approximate surface area is 194 Å². The largest absolute Gasteiger partial charge is 0.433 e. The lowest BCUT2D eigenvalue weighted by Crippen LogP contribution is -2.37. The molecule has 0 spiro atoms. The minimum Gasteiger partial charge on any atom is -0.356 e. The number of aryl methyl sites for hydroxylation is 1. The quantitative estimate of drug-likeness (QED) is 0.436. The number of rotatable bonds is 5. The van der Waals surface area contributed by atoms with Gasteiger partial charge in [-0.1, -0.05) is 29.8 Å². The minimum atomic E-state index is -4.58. The first-order valence-electron chi connectivity index (χ1n) is 10.9. The Morgan fingerprint density at radius 2 is 1.82 bits per heavy atom. The third kappa shape index (κ3) is 4.33. The van der Waals surface area contributed by atoms with Crippen LogP contribution in [0.5, 0.6) is 0 Å². The Bertz CT molecular complexity index is 1340. The summed E-state index contributed by atoms with van der Waals surface area (Å²) < 4.78 is 41.5. The average molecular weight is 465 g/mol. The number of pyridine rings is 2. The zero-order chi connectivity index (χ0) is 23.9. The van der Waals surface area contributed by atoms with E-state index in [2.05, 4.69) is 20.2 Å². The minimum absolute atomic E-state index is 0.104. The van der Waals surface area contributed by atoms with Crippen molar-refractivity contribution in [3.05, 3.63) is 83.3 Å². The number of nitrogens with one attached hydrogen (secondary N) is 1. The van der Waals surface area contributed by atoms with Gasteiger partial charge in [0.2, 0.25) is 0 Å². The summed E-state index contributed by atoms with van der Waals surface area (Å²) in [5.74, 6) is 0.402. The average Bonchev–Trinajstić information content (AvgIpc) is 3.13. The van der Waals surface area contributed by atoms with E-state index in [1.807, 2.05) is 37.3 Å². The summed E-state index contributed by atoms with van der Waals surface area (Å²) in [6.45, 7) is 4.08. The molecule has 34 heavy (non-hydrogen) atoms. The maximum atomic E-state index is 13.3. The summed E-state index contributed by atoms with van der Waals surface area (Å²) in [5.41, 5.74) is 1.73. The van der Waals surface area contributed by atoms with Gasteiger partial charge in [0, 0.05) is 25.0 Å². The Balaban J connectivity index is 1.50. The molecule has 1 aliphatic rings. The SMILES string of the molecule is Cc1ccc(Cn2c(C(=O)Nc3ccc(N4CCC4)nc3)cc3ccc(C(F)(F)F)nc32)cc1. The summed E-state index contributed by atoms with van der Waals surface area (Å²) >= 11 is 0. The number of hydrogen-bond acceptors (Lipinski definition) is 4. The molecule has 1 saturated heterocycles. The van der Waals surface area contributed by atoms with Gasteiger partial charge in [0.15, 0.2) is 0 Å². The van der Waals surface area contributed by atoms with Crippen LogP contribution < -0.4 is 10.2 Å². The van der Waals surface area contributed by atoms with Crippen LogP contribution in [0.25, 0.3) is 11.0 Å². The van der Waals surface area contributed by atoms with E-state index >= 15 is 0 Å². The van der Waals surface area contributed by atoms with E-state index in [-0.39, 0.29) is 17.9 Å². The first-order chi connectivity index (χ1) is 16.3. The molecule has 1 amide bonds. The van der Waals surface area contributed by atoms with Crippen molar-refractivity contribution < 1.29 is 18.0 Å². The van der Waals surface area contributed by atoms with Crippen LogP contribution >= 0.6 is 0 Å². The summed E-state index contributed by atoms with van der Waals surface area (Å²) in [7, 11) is 0. The summed E-state index contributed by atoms with van der Waals surface area (Å²) in [5, 5.41) is 3.27. The van der Waals surface area contributed by atoms with E-state index in [0.29, 0.717) is 11.1 Å². The van der Waals surface area contributed by atoms with Crippen LogP contribution in [0.4, 0.5) is 24.7 Å². The molecule has 0 unspecified atom stereocenters. The highest BCUT2D eigenvalue weighted by atomic mass is 19.4. The van der Waals surface area contributed by atoms with Gasteiger partial charge in [-0.15, -0.1) is 0 Å². The van der Waals surface area contributed by atoms with Crippen LogP contribution in [-0.2, 0) is 12.7 Å². The second-order valence-corrected chi connectivity index (χ2v) is 8.41. The lowest BCUT2D eigenvalue weighted by atomic mass is 10.1. The molecule has 0 radical (unpaired) electrons. The molecule has 0 saturated carbocycles. The number of hydrogen-bond donors (Lipinski definition) is 1. The standard InChI is InChI=1S/C25H22F3N5O/c1-16-3-5-17(6-4-16)15-33-20(13-18-7-9-21(25(26,27)28)31-23(18)33)24(34)30-19-8-10-22(29-14-19)32-11-2-12-32/h3-10,13-14H,2,11-12,15H2,1H3,(H,30,34). The molecule has 9 heteroatoms. The highest BCUT2D eigenvalue weighted by Crippen LogP contribution is 2.30. The molecule has 5 rings (SSSR count). The monoisotopic (exact) mass is 465 g/mol. The molecule has 1 aliphatic heterocycles. The van der Waals surface area contributed by atoms with Crippen molar-refractivity contribution in [2.45, 2.75) is 26.1 Å². The highest BCUT2D eigenvalue weighted by molar-refractivity contribution is 6.06. The molecular formula is C25H22F3N5O. The normalized spacial score (nSPS) is 13.7. The summed E-state index contributed by atoms with van der Waals surface area (Å²) in [6, 6.07) is 15.0. The fraction of sp³-hybridized carbons (Fsp3) is 0.240. The maximum Gasteiger partial charge on any atom is 0.433 e. The molecule has 3 aromatic heterocycles. The van der Waals surface area contributed by atoms with Gasteiger partial charge in [0.25, 0.3) is 5.91 Å². The van der Waals surface area contributed by atoms with E-state index in [0.717, 1.165) is 42.5 Å². The van der Waals surface area contributed by atoms with E-state index in [4.69, 9.17) is 0 Å². The first-order valence-corrected chi connectivity index (χ1v) is 10.9. The van der Waals surface area contributed by atoms with Gasteiger partial charge < -0.3 is 14.8 Å². The number of fused-ring (bicyclic) bond motifs is 1. The highest BCUT2D eigenvalue weighted by Gasteiger charge is 2.33. The maximum absolute atomic E-state index is 13.3. The van der Waals surface area contributed by atoms with E-state index in [1.165, 1.54) is 10.6 Å². The fourth-order valence-electron chi connectivity index (χ4n) is 3.90. The van der Waals surface area contributed by atoms with Crippen molar-refractivity contribution >= 4 is 28.4 Å².